The van der Waals surface area contributed by atoms with Gasteiger partial charge in [-0.25, -0.2) is 9.79 Å². The number of aliphatic hydroxyl groups excluding tert-OH is 1. The molecule has 2 unspecified atom stereocenters. The molecule has 13 heteroatoms. The average molecular weight is 461 g/mol. The molecule has 2 heterocycles. The maximum absolute atomic E-state index is 12.4. The second-order valence-corrected chi connectivity index (χ2v) is 7.75. The minimum atomic E-state index is -1.29. The first kappa shape index (κ1) is 23.7. The number of nitrogens with two attached hydrogens (primary N) is 1. The fourth-order valence-electron chi connectivity index (χ4n) is 3.52. The Bertz CT molecular complexity index is 978. The predicted molar refractivity (Wildman–Crippen MR) is 118 cm³/mol. The van der Waals surface area contributed by atoms with Crippen LogP contribution in [0.1, 0.15) is 23.2 Å². The Kier molecular flexibility index (Phi) is 7.23. The Balaban J connectivity index is 1.57. The van der Waals surface area contributed by atoms with E-state index in [1.165, 1.54) is 0 Å². The van der Waals surface area contributed by atoms with Crippen molar-refractivity contribution in [1.82, 2.24) is 21.3 Å². The van der Waals surface area contributed by atoms with Gasteiger partial charge in [0.15, 0.2) is 12.2 Å². The number of carboxylic acids is 2. The number of nitrogens with one attached hydrogen (secondary N) is 4. The number of likely N-dealkylation sites (N-methyl/N-ethyl adjacent to an activating group) is 1. The van der Waals surface area contributed by atoms with E-state index < -0.39 is 30.1 Å². The molecule has 2 aliphatic heterocycles. The van der Waals surface area contributed by atoms with Crippen LogP contribution in [0.3, 0.4) is 0 Å². The average Bonchev–Trinajstić information content (AvgIpc) is 2.76. The first-order chi connectivity index (χ1) is 15.6. The molecule has 178 valence electrons. The third kappa shape index (κ3) is 6.04. The van der Waals surface area contributed by atoms with Crippen molar-refractivity contribution in [3.8, 4) is 0 Å². The van der Waals surface area contributed by atoms with Gasteiger partial charge in [-0.05, 0) is 30.7 Å². The molecule has 13 nitrogen and oxygen atoms in total. The van der Waals surface area contributed by atoms with Crippen LogP contribution in [0.5, 0.6) is 0 Å². The zero-order chi connectivity index (χ0) is 24.1. The van der Waals surface area contributed by atoms with Crippen molar-refractivity contribution >= 4 is 29.5 Å². The third-order valence-electron chi connectivity index (χ3n) is 5.24. The molecule has 0 radical (unpaired) electrons. The second-order valence-electron chi connectivity index (χ2n) is 7.75. The highest BCUT2D eigenvalue weighted by Crippen LogP contribution is 2.17. The van der Waals surface area contributed by atoms with Gasteiger partial charge in [-0.3, -0.25) is 9.59 Å². The summed E-state index contributed by atoms with van der Waals surface area (Å²) in [5, 5.41) is 39.7. The smallest absolute Gasteiger partial charge is 0.326 e. The minimum Gasteiger partial charge on any atom is -0.481 e. The molecule has 9 N–H and O–H groups in total. The molecule has 0 aliphatic carbocycles. The van der Waals surface area contributed by atoms with Gasteiger partial charge in [0.05, 0.1) is 6.04 Å². The molecular formula is C20H27N7O6. The van der Waals surface area contributed by atoms with Gasteiger partial charge in [-0.2, -0.15) is 0 Å². The maximum atomic E-state index is 12.4. The van der Waals surface area contributed by atoms with Crippen molar-refractivity contribution in [3.05, 3.63) is 41.3 Å². The van der Waals surface area contributed by atoms with E-state index in [9.17, 15) is 24.6 Å². The number of nitrogens with zero attached hydrogens (tertiary/aromatic N) is 2. The number of rotatable bonds is 9. The number of guanidine groups is 1. The number of carbonyl (C=O) groups is 3. The third-order valence-corrected chi connectivity index (χ3v) is 5.24. The number of aliphatic imine (C=N–C) groups is 1. The Morgan fingerprint density at radius 3 is 2.61 bits per heavy atom. The Morgan fingerprint density at radius 1 is 1.27 bits per heavy atom. The predicted octanol–water partition coefficient (Wildman–Crippen LogP) is -1.86. The molecular weight excluding hydrogens is 434 g/mol. The molecule has 1 amide bonds. The number of carboxylic acid groups (broad SMARTS) is 2. The van der Waals surface area contributed by atoms with Crippen molar-refractivity contribution < 1.29 is 29.7 Å². The summed E-state index contributed by atoms with van der Waals surface area (Å²) in [6, 6.07) is 5.25. The molecule has 0 bridgehead atoms. The van der Waals surface area contributed by atoms with Crippen LogP contribution in [-0.2, 0) is 9.59 Å². The number of anilines is 1. The van der Waals surface area contributed by atoms with E-state index in [0.29, 0.717) is 24.6 Å². The summed E-state index contributed by atoms with van der Waals surface area (Å²) in [5.41, 5.74) is 7.20. The lowest BCUT2D eigenvalue weighted by Crippen LogP contribution is -2.57. The van der Waals surface area contributed by atoms with Crippen LogP contribution in [0, 0.1) is 0 Å². The van der Waals surface area contributed by atoms with Crippen LogP contribution in [0.4, 0.5) is 5.69 Å². The molecule has 2 aliphatic rings. The monoisotopic (exact) mass is 461 g/mol. The molecule has 0 aromatic heterocycles. The minimum absolute atomic E-state index is 0.0479. The summed E-state index contributed by atoms with van der Waals surface area (Å²) in [4.78, 5) is 40.2. The normalized spacial score (nSPS) is 20.2. The largest absolute Gasteiger partial charge is 0.481 e. The quantitative estimate of drug-likeness (QED) is 0.205. The summed E-state index contributed by atoms with van der Waals surface area (Å²) in [5.74, 6) is -2.30. The van der Waals surface area contributed by atoms with Crippen LogP contribution in [0.2, 0.25) is 0 Å². The van der Waals surface area contributed by atoms with Crippen LogP contribution < -0.4 is 31.9 Å². The van der Waals surface area contributed by atoms with Gasteiger partial charge in [0.25, 0.3) is 5.91 Å². The molecule has 1 aromatic carbocycles. The van der Waals surface area contributed by atoms with E-state index in [-0.39, 0.29) is 30.4 Å². The SMILES string of the molecule is CN(CC1CNC2=C(N1)C(O)N=C(N)N2)c1ccc(C(=O)N[C@@H](CCC(=O)O)C(=O)O)cc1. The van der Waals surface area contributed by atoms with Crippen LogP contribution >= 0.6 is 0 Å². The van der Waals surface area contributed by atoms with E-state index in [1.807, 2.05) is 11.9 Å². The number of aliphatic hydroxyl groups is 1. The Hall–Kier alpha value is -4.00. The lowest BCUT2D eigenvalue weighted by Gasteiger charge is -2.36. The molecule has 1 aromatic rings. The lowest BCUT2D eigenvalue weighted by molar-refractivity contribution is -0.140. The van der Waals surface area contributed by atoms with Crippen LogP contribution in [-0.4, -0.2) is 77.6 Å². The van der Waals surface area contributed by atoms with Crippen molar-refractivity contribution in [3.63, 3.8) is 0 Å². The van der Waals surface area contributed by atoms with E-state index in [2.05, 4.69) is 26.3 Å². The van der Waals surface area contributed by atoms with E-state index >= 15 is 0 Å². The van der Waals surface area contributed by atoms with E-state index in [0.717, 1.165) is 5.69 Å². The number of hydrogen-bond acceptors (Lipinski definition) is 10. The summed E-state index contributed by atoms with van der Waals surface area (Å²) in [6.07, 6.45) is -1.65. The van der Waals surface area contributed by atoms with Gasteiger partial charge in [0, 0.05) is 37.8 Å². The maximum Gasteiger partial charge on any atom is 0.326 e. The van der Waals surface area contributed by atoms with Gasteiger partial charge in [0.1, 0.15) is 17.6 Å². The van der Waals surface area contributed by atoms with E-state index in [4.69, 9.17) is 10.8 Å². The molecule has 0 spiro atoms. The number of hydrogen-bond donors (Lipinski definition) is 8. The van der Waals surface area contributed by atoms with Gasteiger partial charge in [0.2, 0.25) is 0 Å². The van der Waals surface area contributed by atoms with Crippen molar-refractivity contribution in [2.75, 3.05) is 25.0 Å². The van der Waals surface area contributed by atoms with Gasteiger partial charge < -0.3 is 47.2 Å². The molecule has 0 saturated carbocycles. The highest BCUT2D eigenvalue weighted by molar-refractivity contribution is 5.97. The summed E-state index contributed by atoms with van der Waals surface area (Å²) in [7, 11) is 1.87. The molecule has 0 fully saturated rings. The zero-order valence-electron chi connectivity index (χ0n) is 17.9. The molecule has 3 rings (SSSR count). The Morgan fingerprint density at radius 2 is 1.97 bits per heavy atom. The number of aliphatic carboxylic acids is 2. The fourth-order valence-corrected chi connectivity index (χ4v) is 3.52. The molecule has 3 atom stereocenters. The highest BCUT2D eigenvalue weighted by Gasteiger charge is 2.29. The van der Waals surface area contributed by atoms with Crippen LogP contribution in [0.15, 0.2) is 40.8 Å². The second kappa shape index (κ2) is 10.1. The van der Waals surface area contributed by atoms with Crippen LogP contribution in [0.25, 0.3) is 0 Å². The van der Waals surface area contributed by atoms with Gasteiger partial charge in [-0.1, -0.05) is 0 Å². The zero-order valence-corrected chi connectivity index (χ0v) is 17.9. The topological polar surface area (TPSA) is 202 Å². The van der Waals surface area contributed by atoms with Gasteiger partial charge in [-0.15, -0.1) is 0 Å². The molecule has 0 saturated heterocycles. The van der Waals surface area contributed by atoms with Crippen molar-refractivity contribution in [2.45, 2.75) is 31.2 Å². The van der Waals surface area contributed by atoms with Gasteiger partial charge >= 0.3 is 11.9 Å². The van der Waals surface area contributed by atoms with E-state index in [1.54, 1.807) is 24.3 Å². The summed E-state index contributed by atoms with van der Waals surface area (Å²) < 4.78 is 0. The highest BCUT2D eigenvalue weighted by atomic mass is 16.4. The number of benzene rings is 1. The molecule has 33 heavy (non-hydrogen) atoms. The number of carbonyl (C=O) groups excluding carboxylic acids is 1. The first-order valence-electron chi connectivity index (χ1n) is 10.2. The number of amides is 1. The van der Waals surface area contributed by atoms with Crippen molar-refractivity contribution in [2.24, 2.45) is 10.7 Å². The standard InChI is InChI=1S/C20H27N7O6/c1-27(9-11-8-22-16-15(23-11)18(31)26-20(21)25-16)12-4-2-10(3-5-12)17(30)24-13(19(32)33)6-7-14(28)29/h2-5,11,13,18,22-23,31H,6-9H2,1H3,(H,24,30)(H,28,29)(H,32,33)(H3,21,25,26)/t11?,13-,18?/m0/s1. The Labute approximate surface area is 189 Å². The summed E-state index contributed by atoms with van der Waals surface area (Å²) >= 11 is 0. The van der Waals surface area contributed by atoms with Crippen molar-refractivity contribution in [1.29, 1.82) is 0 Å². The summed E-state index contributed by atoms with van der Waals surface area (Å²) in [6.45, 7) is 1.14. The lowest BCUT2D eigenvalue weighted by atomic mass is 10.1. The fraction of sp³-hybridized carbons (Fsp3) is 0.400. The first-order valence-corrected chi connectivity index (χ1v) is 10.2.